The predicted octanol–water partition coefficient (Wildman–Crippen LogP) is 2.86. The molecule has 1 fully saturated rings. The van der Waals surface area contributed by atoms with Gasteiger partial charge in [-0.1, -0.05) is 15.9 Å². The predicted molar refractivity (Wildman–Crippen MR) is 81.4 cm³/mol. The van der Waals surface area contributed by atoms with E-state index < -0.39 is 17.3 Å². The van der Waals surface area contributed by atoms with E-state index in [-0.39, 0.29) is 6.10 Å². The Morgan fingerprint density at radius 3 is 2.60 bits per heavy atom. The van der Waals surface area contributed by atoms with Gasteiger partial charge in [0.15, 0.2) is 0 Å². The second kappa shape index (κ2) is 7.61. The van der Waals surface area contributed by atoms with Gasteiger partial charge in [-0.3, -0.25) is 0 Å². The number of ether oxygens (including phenoxy) is 3. The van der Waals surface area contributed by atoms with Crippen molar-refractivity contribution in [3.8, 4) is 0 Å². The van der Waals surface area contributed by atoms with Crippen LogP contribution in [0, 0.1) is 0 Å². The van der Waals surface area contributed by atoms with E-state index in [1.54, 1.807) is 0 Å². The molecule has 2 atom stereocenters. The number of alkyl carbamates (subject to hydrolysis) is 1. The fourth-order valence-electron chi connectivity index (χ4n) is 1.78. The van der Waals surface area contributed by atoms with Crippen molar-refractivity contribution < 1.29 is 19.0 Å². The number of halogens is 1. The Kier molecular flexibility index (Phi) is 6.75. The molecule has 0 aromatic carbocycles. The maximum absolute atomic E-state index is 11.7. The average Bonchev–Trinajstić information content (AvgIpc) is 2.85. The van der Waals surface area contributed by atoms with Gasteiger partial charge in [-0.05, 0) is 40.5 Å². The molecule has 1 amide bonds. The number of carbonyl (C=O) groups excluding carboxylic acids is 1. The maximum Gasteiger partial charge on any atom is 0.407 e. The molecule has 1 heterocycles. The van der Waals surface area contributed by atoms with Crippen LogP contribution in [0.1, 0.15) is 40.5 Å². The van der Waals surface area contributed by atoms with Crippen molar-refractivity contribution in [1.29, 1.82) is 0 Å². The molecule has 0 saturated carbocycles. The van der Waals surface area contributed by atoms with Gasteiger partial charge in [0.05, 0.1) is 24.9 Å². The Bertz CT molecular complexity index is 313. The molecule has 0 aromatic rings. The highest BCUT2D eigenvalue weighted by Gasteiger charge is 2.28. The zero-order chi connectivity index (χ0) is 15.2. The summed E-state index contributed by atoms with van der Waals surface area (Å²) in [5, 5.41) is 3.38. The summed E-state index contributed by atoms with van der Waals surface area (Å²) in [5.74, 6) is 0. The van der Waals surface area contributed by atoms with Crippen LogP contribution in [0.2, 0.25) is 0 Å². The van der Waals surface area contributed by atoms with Gasteiger partial charge in [0, 0.05) is 11.9 Å². The normalized spacial score (nSPS) is 22.4. The van der Waals surface area contributed by atoms with Gasteiger partial charge in [-0.2, -0.15) is 0 Å². The molecule has 0 spiro atoms. The van der Waals surface area contributed by atoms with Gasteiger partial charge in [0.2, 0.25) is 0 Å². The van der Waals surface area contributed by atoms with Crippen LogP contribution in [-0.2, 0) is 14.2 Å². The van der Waals surface area contributed by atoms with Crippen LogP contribution in [0.4, 0.5) is 4.79 Å². The Hall–Kier alpha value is -0.330. The van der Waals surface area contributed by atoms with Crippen molar-refractivity contribution in [2.24, 2.45) is 0 Å². The Morgan fingerprint density at radius 1 is 1.40 bits per heavy atom. The Labute approximate surface area is 129 Å². The fourth-order valence-corrected chi connectivity index (χ4v) is 2.14. The molecule has 20 heavy (non-hydrogen) atoms. The molecule has 6 heteroatoms. The first-order valence-electron chi connectivity index (χ1n) is 7.02. The first-order valence-corrected chi connectivity index (χ1v) is 8.15. The summed E-state index contributed by atoms with van der Waals surface area (Å²) >= 11 is 3.44. The summed E-state index contributed by atoms with van der Waals surface area (Å²) in [7, 11) is 0. The fraction of sp³-hybridized carbons (Fsp3) is 0.929. The summed E-state index contributed by atoms with van der Waals surface area (Å²) < 4.78 is 16.6. The van der Waals surface area contributed by atoms with Crippen LogP contribution < -0.4 is 5.32 Å². The quantitative estimate of drug-likeness (QED) is 0.747. The van der Waals surface area contributed by atoms with Crippen molar-refractivity contribution in [3.63, 3.8) is 0 Å². The largest absolute Gasteiger partial charge is 0.444 e. The molecule has 5 nitrogen and oxygen atoms in total. The number of alkyl halides is 1. The zero-order valence-electron chi connectivity index (χ0n) is 12.8. The van der Waals surface area contributed by atoms with Gasteiger partial charge >= 0.3 is 6.09 Å². The number of hydrogen-bond acceptors (Lipinski definition) is 4. The van der Waals surface area contributed by atoms with Gasteiger partial charge in [0.1, 0.15) is 5.60 Å². The van der Waals surface area contributed by atoms with Gasteiger partial charge in [-0.25, -0.2) is 4.79 Å². The number of rotatable bonds is 6. The Morgan fingerprint density at radius 2 is 2.10 bits per heavy atom. The van der Waals surface area contributed by atoms with Crippen molar-refractivity contribution in [2.75, 3.05) is 25.1 Å². The molecule has 1 N–H and O–H groups in total. The van der Waals surface area contributed by atoms with E-state index in [1.807, 2.05) is 27.7 Å². The molecular formula is C14H26BrNO4. The molecule has 1 aliphatic rings. The van der Waals surface area contributed by atoms with E-state index in [1.165, 1.54) is 0 Å². The lowest BCUT2D eigenvalue weighted by Crippen LogP contribution is -2.46. The lowest BCUT2D eigenvalue weighted by Gasteiger charge is -2.30. The average molecular weight is 352 g/mol. The van der Waals surface area contributed by atoms with Gasteiger partial charge in [-0.15, -0.1) is 0 Å². The SMILES string of the molecule is CC(C)(C)OC(=O)NCC(C)(CBr)OCC1CCCO1. The lowest BCUT2D eigenvalue weighted by molar-refractivity contribution is -0.0608. The van der Waals surface area contributed by atoms with E-state index in [2.05, 4.69) is 21.2 Å². The zero-order valence-corrected chi connectivity index (χ0v) is 14.4. The molecule has 1 aliphatic heterocycles. The van der Waals surface area contributed by atoms with Crippen molar-refractivity contribution in [1.82, 2.24) is 5.32 Å². The third kappa shape index (κ3) is 6.90. The van der Waals surface area contributed by atoms with E-state index in [9.17, 15) is 4.79 Å². The highest BCUT2D eigenvalue weighted by Crippen LogP contribution is 2.18. The van der Waals surface area contributed by atoms with Crippen LogP contribution >= 0.6 is 15.9 Å². The number of amides is 1. The first-order chi connectivity index (χ1) is 9.24. The Balaban J connectivity index is 2.33. The molecular weight excluding hydrogens is 326 g/mol. The van der Waals surface area contributed by atoms with E-state index in [4.69, 9.17) is 14.2 Å². The molecule has 1 rings (SSSR count). The number of carbonyl (C=O) groups is 1. The summed E-state index contributed by atoms with van der Waals surface area (Å²) in [4.78, 5) is 11.7. The van der Waals surface area contributed by atoms with E-state index in [0.717, 1.165) is 19.4 Å². The molecule has 1 saturated heterocycles. The van der Waals surface area contributed by atoms with Crippen LogP contribution in [0.5, 0.6) is 0 Å². The molecule has 0 bridgehead atoms. The van der Waals surface area contributed by atoms with Gasteiger partial charge in [0.25, 0.3) is 0 Å². The van der Waals surface area contributed by atoms with Crippen molar-refractivity contribution in [2.45, 2.75) is 57.8 Å². The van der Waals surface area contributed by atoms with Crippen molar-refractivity contribution in [3.05, 3.63) is 0 Å². The van der Waals surface area contributed by atoms with E-state index in [0.29, 0.717) is 18.5 Å². The molecule has 0 aliphatic carbocycles. The minimum atomic E-state index is -0.493. The maximum atomic E-state index is 11.7. The highest BCUT2D eigenvalue weighted by molar-refractivity contribution is 9.09. The molecule has 118 valence electrons. The number of nitrogens with one attached hydrogen (secondary N) is 1. The van der Waals surface area contributed by atoms with E-state index >= 15 is 0 Å². The molecule has 0 radical (unpaired) electrons. The minimum Gasteiger partial charge on any atom is -0.444 e. The lowest BCUT2D eigenvalue weighted by atomic mass is 10.1. The minimum absolute atomic E-state index is 0.176. The third-order valence-electron chi connectivity index (χ3n) is 2.93. The second-order valence-electron chi connectivity index (χ2n) is 6.39. The standard InChI is InChI=1S/C14H26BrNO4/c1-13(2,3)20-12(17)16-10-14(4,9-15)19-8-11-6-5-7-18-11/h11H,5-10H2,1-4H3,(H,16,17). The summed E-state index contributed by atoms with van der Waals surface area (Å²) in [6.45, 7) is 9.22. The molecule has 0 aromatic heterocycles. The monoisotopic (exact) mass is 351 g/mol. The van der Waals surface area contributed by atoms with Crippen molar-refractivity contribution >= 4 is 22.0 Å². The second-order valence-corrected chi connectivity index (χ2v) is 6.95. The van der Waals surface area contributed by atoms with Crippen LogP contribution in [-0.4, -0.2) is 48.5 Å². The topological polar surface area (TPSA) is 56.8 Å². The third-order valence-corrected chi connectivity index (χ3v) is 4.12. The smallest absolute Gasteiger partial charge is 0.407 e. The van der Waals surface area contributed by atoms with Crippen LogP contribution in [0.15, 0.2) is 0 Å². The summed E-state index contributed by atoms with van der Waals surface area (Å²) in [6, 6.07) is 0. The summed E-state index contributed by atoms with van der Waals surface area (Å²) in [6.07, 6.45) is 1.88. The van der Waals surface area contributed by atoms with Crippen LogP contribution in [0.3, 0.4) is 0 Å². The highest BCUT2D eigenvalue weighted by atomic mass is 79.9. The summed E-state index contributed by atoms with van der Waals surface area (Å²) in [5.41, 5.74) is -0.962. The first kappa shape index (κ1) is 17.7. The van der Waals surface area contributed by atoms with Crippen LogP contribution in [0.25, 0.3) is 0 Å². The number of hydrogen-bond donors (Lipinski definition) is 1. The molecule has 2 unspecified atom stereocenters. The van der Waals surface area contributed by atoms with Gasteiger partial charge < -0.3 is 19.5 Å².